The molecule has 8 heteroatoms. The molecule has 0 aliphatic heterocycles. The molecule has 0 saturated heterocycles. The summed E-state index contributed by atoms with van der Waals surface area (Å²) in [4.78, 5) is 0. The molecular formula is C29H23F3N2O3. The minimum absolute atomic E-state index is 0.0928. The third-order valence-electron chi connectivity index (χ3n) is 5.92. The number of rotatable bonds is 7. The molecule has 0 fully saturated rings. The Kier molecular flexibility index (Phi) is 6.48. The topological polar surface area (TPSA) is 45.5 Å². The van der Waals surface area contributed by atoms with E-state index in [0.717, 1.165) is 11.6 Å². The van der Waals surface area contributed by atoms with E-state index in [1.54, 1.807) is 61.4 Å². The van der Waals surface area contributed by atoms with E-state index in [-0.39, 0.29) is 5.52 Å². The van der Waals surface area contributed by atoms with Gasteiger partial charge in [-0.15, -0.1) is 0 Å². The summed E-state index contributed by atoms with van der Waals surface area (Å²) >= 11 is 0. The summed E-state index contributed by atoms with van der Waals surface area (Å²) < 4.78 is 59.8. The maximum Gasteiger partial charge on any atom is 0.418 e. The van der Waals surface area contributed by atoms with Crippen molar-refractivity contribution in [2.24, 2.45) is 0 Å². The molecule has 0 amide bonds. The molecule has 0 saturated carbocycles. The van der Waals surface area contributed by atoms with Crippen molar-refractivity contribution in [2.75, 3.05) is 14.2 Å². The van der Waals surface area contributed by atoms with Gasteiger partial charge in [0.15, 0.2) is 0 Å². The molecule has 5 aromatic rings. The summed E-state index contributed by atoms with van der Waals surface area (Å²) in [5.74, 6) is 2.13. The van der Waals surface area contributed by atoms with Crippen LogP contribution in [0.3, 0.4) is 0 Å². The maximum absolute atomic E-state index is 13.8. The second-order valence-corrected chi connectivity index (χ2v) is 8.37. The van der Waals surface area contributed by atoms with Crippen LogP contribution in [0, 0.1) is 0 Å². The van der Waals surface area contributed by atoms with Crippen molar-refractivity contribution in [1.82, 2.24) is 9.78 Å². The summed E-state index contributed by atoms with van der Waals surface area (Å²) in [5, 5.41) is 4.84. The lowest BCUT2D eigenvalue weighted by atomic mass is 10.0. The van der Waals surface area contributed by atoms with Crippen molar-refractivity contribution in [3.8, 4) is 34.3 Å². The number of alkyl halides is 3. The first-order valence-corrected chi connectivity index (χ1v) is 11.5. The zero-order valence-electron chi connectivity index (χ0n) is 20.1. The van der Waals surface area contributed by atoms with E-state index in [0.29, 0.717) is 46.2 Å². The summed E-state index contributed by atoms with van der Waals surface area (Å²) in [7, 11) is 3.10. The van der Waals surface area contributed by atoms with Gasteiger partial charge in [-0.05, 0) is 23.8 Å². The number of hydrogen-bond donors (Lipinski definition) is 0. The number of methoxy groups -OCH3 is 2. The van der Waals surface area contributed by atoms with Crippen LogP contribution in [0.5, 0.6) is 23.0 Å². The first kappa shape index (κ1) is 24.2. The first-order valence-electron chi connectivity index (χ1n) is 11.5. The van der Waals surface area contributed by atoms with Gasteiger partial charge in [-0.2, -0.15) is 18.3 Å². The highest BCUT2D eigenvalue weighted by Gasteiger charge is 2.34. The second-order valence-electron chi connectivity index (χ2n) is 8.37. The average molecular weight is 505 g/mol. The molecule has 5 nitrogen and oxygen atoms in total. The minimum atomic E-state index is -4.53. The molecule has 0 unspecified atom stereocenters. The predicted octanol–water partition coefficient (Wildman–Crippen LogP) is 7.58. The van der Waals surface area contributed by atoms with Crippen molar-refractivity contribution in [3.63, 3.8) is 0 Å². The molecule has 0 aliphatic carbocycles. The number of aromatic nitrogens is 2. The number of benzene rings is 4. The lowest BCUT2D eigenvalue weighted by Gasteiger charge is -2.12. The van der Waals surface area contributed by atoms with Crippen LogP contribution in [0.1, 0.15) is 11.1 Å². The van der Waals surface area contributed by atoms with Crippen molar-refractivity contribution in [3.05, 3.63) is 102 Å². The highest BCUT2D eigenvalue weighted by molar-refractivity contribution is 5.95. The van der Waals surface area contributed by atoms with Gasteiger partial charge in [0.1, 0.15) is 28.5 Å². The Bertz CT molecular complexity index is 1520. The van der Waals surface area contributed by atoms with E-state index in [9.17, 15) is 13.2 Å². The Morgan fingerprint density at radius 1 is 0.730 bits per heavy atom. The SMILES string of the molecule is COc1cc(OC)cc(Oc2cccc(-c3c4cccc(C(F)(F)F)c4nn3Cc3ccccc3)c2)c1. The van der Waals surface area contributed by atoms with E-state index in [1.807, 2.05) is 36.4 Å². The summed E-state index contributed by atoms with van der Waals surface area (Å²) in [5.41, 5.74) is 1.29. The molecule has 188 valence electrons. The molecule has 4 aromatic carbocycles. The molecule has 1 heterocycles. The number of ether oxygens (including phenoxy) is 3. The van der Waals surface area contributed by atoms with Crippen LogP contribution in [-0.4, -0.2) is 24.0 Å². The largest absolute Gasteiger partial charge is 0.496 e. The van der Waals surface area contributed by atoms with Crippen LogP contribution in [-0.2, 0) is 12.7 Å². The van der Waals surface area contributed by atoms with Crippen LogP contribution in [0.4, 0.5) is 13.2 Å². The van der Waals surface area contributed by atoms with E-state index < -0.39 is 11.7 Å². The molecule has 1 aromatic heterocycles. The molecule has 37 heavy (non-hydrogen) atoms. The molecule has 0 spiro atoms. The van der Waals surface area contributed by atoms with Crippen LogP contribution in [0.2, 0.25) is 0 Å². The normalized spacial score (nSPS) is 11.5. The van der Waals surface area contributed by atoms with Gasteiger partial charge >= 0.3 is 6.18 Å². The highest BCUT2D eigenvalue weighted by Crippen LogP contribution is 2.39. The fraction of sp³-hybridized carbons (Fsp3) is 0.138. The number of nitrogens with zero attached hydrogens (tertiary/aromatic N) is 2. The molecule has 0 atom stereocenters. The van der Waals surface area contributed by atoms with Crippen molar-refractivity contribution in [2.45, 2.75) is 12.7 Å². The van der Waals surface area contributed by atoms with E-state index in [1.165, 1.54) is 6.07 Å². The van der Waals surface area contributed by atoms with Gasteiger partial charge in [-0.25, -0.2) is 0 Å². The zero-order chi connectivity index (χ0) is 26.0. The van der Waals surface area contributed by atoms with Gasteiger partial charge in [0, 0.05) is 29.1 Å². The summed E-state index contributed by atoms with van der Waals surface area (Å²) in [6.45, 7) is 0.306. The lowest BCUT2D eigenvalue weighted by molar-refractivity contribution is -0.136. The van der Waals surface area contributed by atoms with Gasteiger partial charge in [-0.3, -0.25) is 4.68 Å². The Hall–Kier alpha value is -4.46. The van der Waals surface area contributed by atoms with Crippen LogP contribution < -0.4 is 14.2 Å². The third kappa shape index (κ3) is 5.09. The second kappa shape index (κ2) is 9.89. The Labute approximate surface area is 211 Å². The van der Waals surface area contributed by atoms with Crippen LogP contribution in [0.15, 0.2) is 91.0 Å². The van der Waals surface area contributed by atoms with Crippen molar-refractivity contribution < 1.29 is 27.4 Å². The lowest BCUT2D eigenvalue weighted by Crippen LogP contribution is -2.06. The fourth-order valence-corrected chi connectivity index (χ4v) is 4.24. The van der Waals surface area contributed by atoms with E-state index in [4.69, 9.17) is 14.2 Å². The van der Waals surface area contributed by atoms with Crippen LogP contribution in [0.25, 0.3) is 22.2 Å². The summed E-state index contributed by atoms with van der Waals surface area (Å²) in [6, 6.07) is 26.0. The van der Waals surface area contributed by atoms with Crippen molar-refractivity contribution >= 4 is 10.9 Å². The van der Waals surface area contributed by atoms with Gasteiger partial charge in [0.2, 0.25) is 0 Å². The van der Waals surface area contributed by atoms with Gasteiger partial charge in [0.25, 0.3) is 0 Å². The quantitative estimate of drug-likeness (QED) is 0.229. The number of halogens is 3. The molecule has 0 bridgehead atoms. The van der Waals surface area contributed by atoms with Gasteiger partial charge in [0.05, 0.1) is 32.0 Å². The minimum Gasteiger partial charge on any atom is -0.496 e. The standard InChI is InChI=1S/C29H23F3N2O3/c1-35-22-15-23(36-2)17-24(16-22)37-21-11-6-10-20(14-21)28-25-12-7-13-26(29(30,31)32)27(25)33-34(28)18-19-8-4-3-5-9-19/h3-17H,18H2,1-2H3. The first-order chi connectivity index (χ1) is 17.9. The third-order valence-corrected chi connectivity index (χ3v) is 5.92. The van der Waals surface area contributed by atoms with Crippen LogP contribution >= 0.6 is 0 Å². The zero-order valence-corrected chi connectivity index (χ0v) is 20.1. The number of hydrogen-bond acceptors (Lipinski definition) is 4. The average Bonchev–Trinajstić information content (AvgIpc) is 3.26. The monoisotopic (exact) mass is 504 g/mol. The van der Waals surface area contributed by atoms with E-state index in [2.05, 4.69) is 5.10 Å². The van der Waals surface area contributed by atoms with Gasteiger partial charge in [-0.1, -0.05) is 54.6 Å². The maximum atomic E-state index is 13.8. The van der Waals surface area contributed by atoms with Crippen molar-refractivity contribution in [1.29, 1.82) is 0 Å². The molecule has 0 radical (unpaired) electrons. The van der Waals surface area contributed by atoms with Gasteiger partial charge < -0.3 is 14.2 Å². The molecule has 0 N–H and O–H groups in total. The Balaban J connectivity index is 1.62. The van der Waals surface area contributed by atoms with E-state index >= 15 is 0 Å². The smallest absolute Gasteiger partial charge is 0.418 e. The summed E-state index contributed by atoms with van der Waals surface area (Å²) in [6.07, 6.45) is -4.53. The fourth-order valence-electron chi connectivity index (χ4n) is 4.24. The molecular weight excluding hydrogens is 481 g/mol. The Morgan fingerprint density at radius 3 is 2.08 bits per heavy atom. The number of fused-ring (bicyclic) bond motifs is 1. The Morgan fingerprint density at radius 2 is 1.41 bits per heavy atom. The molecule has 0 aliphatic rings. The predicted molar refractivity (Wildman–Crippen MR) is 135 cm³/mol. The highest BCUT2D eigenvalue weighted by atomic mass is 19.4. The molecule has 5 rings (SSSR count).